The first-order valence-electron chi connectivity index (χ1n) is 8.88. The van der Waals surface area contributed by atoms with E-state index in [1.807, 2.05) is 6.92 Å². The molecule has 0 spiro atoms. The van der Waals surface area contributed by atoms with Crippen LogP contribution in [0.4, 0.5) is 17.3 Å². The predicted octanol–water partition coefficient (Wildman–Crippen LogP) is 4.69. The number of nitrogens with one attached hydrogen (secondary N) is 1. The zero-order chi connectivity index (χ0) is 17.3. The summed E-state index contributed by atoms with van der Waals surface area (Å²) in [6.45, 7) is 12.9. The predicted molar refractivity (Wildman–Crippen MR) is 101 cm³/mol. The quantitative estimate of drug-likeness (QED) is 0.889. The Bertz CT molecular complexity index is 707. The summed E-state index contributed by atoms with van der Waals surface area (Å²) in [6.07, 6.45) is 2.48. The first kappa shape index (κ1) is 16.7. The van der Waals surface area contributed by atoms with Gasteiger partial charge in [0, 0.05) is 24.8 Å². The van der Waals surface area contributed by atoms with Crippen LogP contribution < -0.4 is 10.2 Å². The molecule has 0 saturated carbocycles. The van der Waals surface area contributed by atoms with E-state index in [2.05, 4.69) is 66.1 Å². The summed E-state index contributed by atoms with van der Waals surface area (Å²) >= 11 is 0. The summed E-state index contributed by atoms with van der Waals surface area (Å²) in [4.78, 5) is 11.6. The van der Waals surface area contributed by atoms with Crippen molar-refractivity contribution in [2.24, 2.45) is 5.92 Å². The Morgan fingerprint density at radius 3 is 2.21 bits per heavy atom. The number of benzene rings is 1. The summed E-state index contributed by atoms with van der Waals surface area (Å²) in [5, 5.41) is 3.52. The number of anilines is 3. The van der Waals surface area contributed by atoms with Crippen molar-refractivity contribution < 1.29 is 0 Å². The molecule has 0 aliphatic carbocycles. The number of nitrogens with zero attached hydrogens (tertiary/aromatic N) is 3. The molecule has 1 saturated heterocycles. The Morgan fingerprint density at radius 1 is 0.958 bits per heavy atom. The Labute approximate surface area is 145 Å². The van der Waals surface area contributed by atoms with Crippen molar-refractivity contribution in [3.8, 4) is 0 Å². The van der Waals surface area contributed by atoms with E-state index >= 15 is 0 Å². The lowest BCUT2D eigenvalue weighted by molar-refractivity contribution is 0.436. The molecule has 0 bridgehead atoms. The molecule has 0 atom stereocenters. The summed E-state index contributed by atoms with van der Waals surface area (Å²) in [5.41, 5.74) is 4.93. The Morgan fingerprint density at radius 2 is 1.58 bits per heavy atom. The van der Waals surface area contributed by atoms with Crippen LogP contribution in [0.5, 0.6) is 0 Å². The normalized spacial score (nSPS) is 15.6. The Balaban J connectivity index is 1.87. The summed E-state index contributed by atoms with van der Waals surface area (Å²) in [7, 11) is 0. The second-order valence-electron chi connectivity index (χ2n) is 7.23. The first-order valence-corrected chi connectivity index (χ1v) is 8.88. The highest BCUT2D eigenvalue weighted by Crippen LogP contribution is 2.28. The maximum atomic E-state index is 4.66. The molecule has 1 N–H and O–H groups in total. The van der Waals surface area contributed by atoms with Crippen molar-refractivity contribution in [3.63, 3.8) is 0 Å². The maximum absolute atomic E-state index is 4.66. The van der Waals surface area contributed by atoms with Gasteiger partial charge in [0.2, 0.25) is 0 Å². The fourth-order valence-electron chi connectivity index (χ4n) is 3.52. The number of aromatic nitrogens is 2. The molecule has 2 aromatic rings. The minimum absolute atomic E-state index is 0.816. The summed E-state index contributed by atoms with van der Waals surface area (Å²) < 4.78 is 0. The van der Waals surface area contributed by atoms with Gasteiger partial charge >= 0.3 is 0 Å². The van der Waals surface area contributed by atoms with Gasteiger partial charge in [-0.25, -0.2) is 9.97 Å². The fourth-order valence-corrected chi connectivity index (χ4v) is 3.52. The van der Waals surface area contributed by atoms with E-state index in [-0.39, 0.29) is 0 Å². The van der Waals surface area contributed by atoms with Crippen LogP contribution >= 0.6 is 0 Å². The molecule has 3 rings (SSSR count). The number of aryl methyl sites for hydroxylation is 4. The number of hydrogen-bond donors (Lipinski definition) is 1. The van der Waals surface area contributed by atoms with Crippen LogP contribution in [0, 0.1) is 33.6 Å². The third-order valence-corrected chi connectivity index (χ3v) is 4.86. The third kappa shape index (κ3) is 3.69. The van der Waals surface area contributed by atoms with Crippen LogP contribution in [-0.4, -0.2) is 23.1 Å². The molecule has 1 fully saturated rings. The Kier molecular flexibility index (Phi) is 4.74. The van der Waals surface area contributed by atoms with E-state index in [4.69, 9.17) is 0 Å². The highest BCUT2D eigenvalue weighted by atomic mass is 15.2. The van der Waals surface area contributed by atoms with Gasteiger partial charge in [0.05, 0.1) is 0 Å². The van der Waals surface area contributed by atoms with E-state index in [9.17, 15) is 0 Å². The number of piperidine rings is 1. The van der Waals surface area contributed by atoms with Gasteiger partial charge in [-0.15, -0.1) is 0 Å². The van der Waals surface area contributed by atoms with E-state index in [0.29, 0.717) is 0 Å². The van der Waals surface area contributed by atoms with Gasteiger partial charge in [-0.2, -0.15) is 0 Å². The van der Waals surface area contributed by atoms with Crippen molar-refractivity contribution >= 4 is 17.3 Å². The highest BCUT2D eigenvalue weighted by molar-refractivity contribution is 5.66. The van der Waals surface area contributed by atoms with E-state index in [1.165, 1.54) is 29.5 Å². The van der Waals surface area contributed by atoms with Gasteiger partial charge in [0.1, 0.15) is 17.5 Å². The average molecular weight is 324 g/mol. The summed E-state index contributed by atoms with van der Waals surface area (Å²) in [5.74, 6) is 3.56. The molecule has 24 heavy (non-hydrogen) atoms. The summed E-state index contributed by atoms with van der Waals surface area (Å²) in [6, 6.07) is 6.49. The molecular formula is C20H28N4. The lowest BCUT2D eigenvalue weighted by Gasteiger charge is -2.31. The monoisotopic (exact) mass is 324 g/mol. The molecule has 128 valence electrons. The second-order valence-corrected chi connectivity index (χ2v) is 7.23. The third-order valence-electron chi connectivity index (χ3n) is 4.86. The van der Waals surface area contributed by atoms with Crippen LogP contribution in [0.15, 0.2) is 18.2 Å². The van der Waals surface area contributed by atoms with Crippen molar-refractivity contribution in [1.82, 2.24) is 9.97 Å². The standard InChI is InChI=1S/C20H28N4/c1-13-6-8-24(9-7-13)19-12-18(21-17(5)22-19)23-20-15(3)10-14(2)11-16(20)4/h10-13H,6-9H2,1-5H3,(H,21,22,23). The second kappa shape index (κ2) is 6.80. The minimum atomic E-state index is 0.816. The molecular weight excluding hydrogens is 296 g/mol. The SMILES string of the molecule is Cc1cc(C)c(Nc2cc(N3CCC(C)CC3)nc(C)n2)c(C)c1. The molecule has 4 nitrogen and oxygen atoms in total. The van der Waals surface area contributed by atoms with Gasteiger partial charge in [0.25, 0.3) is 0 Å². The van der Waals surface area contributed by atoms with Crippen LogP contribution in [-0.2, 0) is 0 Å². The number of hydrogen-bond acceptors (Lipinski definition) is 4. The van der Waals surface area contributed by atoms with Crippen molar-refractivity contribution in [2.75, 3.05) is 23.3 Å². The topological polar surface area (TPSA) is 41.0 Å². The van der Waals surface area contributed by atoms with Crippen molar-refractivity contribution in [1.29, 1.82) is 0 Å². The van der Waals surface area contributed by atoms with Crippen LogP contribution in [0.2, 0.25) is 0 Å². The smallest absolute Gasteiger partial charge is 0.136 e. The molecule has 1 aromatic heterocycles. The molecule has 0 unspecified atom stereocenters. The van der Waals surface area contributed by atoms with Crippen molar-refractivity contribution in [2.45, 2.75) is 47.5 Å². The van der Waals surface area contributed by atoms with Gasteiger partial charge in [0.15, 0.2) is 0 Å². The molecule has 1 aromatic carbocycles. The van der Waals surface area contributed by atoms with E-state index in [1.54, 1.807) is 0 Å². The zero-order valence-electron chi connectivity index (χ0n) is 15.5. The van der Waals surface area contributed by atoms with E-state index < -0.39 is 0 Å². The molecule has 1 aliphatic heterocycles. The minimum Gasteiger partial charge on any atom is -0.356 e. The van der Waals surface area contributed by atoms with E-state index in [0.717, 1.165) is 42.2 Å². The van der Waals surface area contributed by atoms with Crippen LogP contribution in [0.3, 0.4) is 0 Å². The highest BCUT2D eigenvalue weighted by Gasteiger charge is 2.18. The molecule has 0 radical (unpaired) electrons. The number of rotatable bonds is 3. The van der Waals surface area contributed by atoms with Gasteiger partial charge in [-0.3, -0.25) is 0 Å². The zero-order valence-corrected chi connectivity index (χ0v) is 15.5. The van der Waals surface area contributed by atoms with Gasteiger partial charge in [-0.1, -0.05) is 24.6 Å². The van der Waals surface area contributed by atoms with Crippen molar-refractivity contribution in [3.05, 3.63) is 40.7 Å². The average Bonchev–Trinajstić information content (AvgIpc) is 2.51. The molecule has 0 amide bonds. The Hall–Kier alpha value is -2.10. The lowest BCUT2D eigenvalue weighted by atomic mass is 9.99. The van der Waals surface area contributed by atoms with Gasteiger partial charge in [-0.05, 0) is 57.6 Å². The maximum Gasteiger partial charge on any atom is 0.136 e. The lowest BCUT2D eigenvalue weighted by Crippen LogP contribution is -2.33. The largest absolute Gasteiger partial charge is 0.356 e. The molecule has 1 aliphatic rings. The first-order chi connectivity index (χ1) is 11.4. The van der Waals surface area contributed by atoms with Gasteiger partial charge < -0.3 is 10.2 Å². The molecule has 2 heterocycles. The van der Waals surface area contributed by atoms with Crippen LogP contribution in [0.1, 0.15) is 42.3 Å². The fraction of sp³-hybridized carbons (Fsp3) is 0.500. The molecule has 4 heteroatoms. The van der Waals surface area contributed by atoms with Crippen LogP contribution in [0.25, 0.3) is 0 Å².